The Bertz CT molecular complexity index is 1160. The minimum absolute atomic E-state index is 0.0125. The van der Waals surface area contributed by atoms with Crippen molar-refractivity contribution in [3.63, 3.8) is 0 Å². The second-order valence-corrected chi connectivity index (χ2v) is 9.67. The molecule has 5 rings (SSSR count). The van der Waals surface area contributed by atoms with Gasteiger partial charge in [-0.3, -0.25) is 9.59 Å². The van der Waals surface area contributed by atoms with Crippen LogP contribution in [0.5, 0.6) is 0 Å². The number of hydrogen-bond donors (Lipinski definition) is 0. The zero-order chi connectivity index (χ0) is 22.2. The fourth-order valence-corrected chi connectivity index (χ4v) is 5.40. The maximum Gasteiger partial charge on any atom is 0.257 e. The van der Waals surface area contributed by atoms with Crippen LogP contribution >= 0.6 is 22.9 Å². The lowest BCUT2D eigenvalue weighted by Crippen LogP contribution is -2.47. The second kappa shape index (κ2) is 8.68. The van der Waals surface area contributed by atoms with Crippen LogP contribution in [0.4, 0.5) is 4.39 Å². The van der Waals surface area contributed by atoms with Crippen molar-refractivity contribution in [3.8, 4) is 0 Å². The van der Waals surface area contributed by atoms with E-state index in [1.807, 2.05) is 29.2 Å². The summed E-state index contributed by atoms with van der Waals surface area (Å²) >= 11 is 7.79. The number of thiophene rings is 1. The Kier molecular flexibility index (Phi) is 5.74. The Morgan fingerprint density at radius 3 is 2.56 bits per heavy atom. The van der Waals surface area contributed by atoms with Gasteiger partial charge >= 0.3 is 0 Å². The molecule has 1 aromatic heterocycles. The van der Waals surface area contributed by atoms with E-state index in [1.54, 1.807) is 28.4 Å². The molecule has 0 saturated heterocycles. The van der Waals surface area contributed by atoms with Gasteiger partial charge in [-0.2, -0.15) is 0 Å². The summed E-state index contributed by atoms with van der Waals surface area (Å²) in [5, 5.41) is 2.70. The zero-order valence-electron chi connectivity index (χ0n) is 17.3. The molecule has 2 amide bonds. The van der Waals surface area contributed by atoms with Crippen LogP contribution < -0.4 is 0 Å². The zero-order valence-corrected chi connectivity index (χ0v) is 18.9. The van der Waals surface area contributed by atoms with E-state index in [4.69, 9.17) is 11.6 Å². The fourth-order valence-electron chi connectivity index (χ4n) is 4.37. The molecule has 1 aliphatic heterocycles. The van der Waals surface area contributed by atoms with Crippen molar-refractivity contribution in [2.45, 2.75) is 31.3 Å². The Morgan fingerprint density at radius 1 is 1.09 bits per heavy atom. The number of halogens is 2. The summed E-state index contributed by atoms with van der Waals surface area (Å²) in [4.78, 5) is 31.3. The van der Waals surface area contributed by atoms with Crippen molar-refractivity contribution in [1.29, 1.82) is 0 Å². The average molecular weight is 469 g/mol. The van der Waals surface area contributed by atoms with Gasteiger partial charge in [0.05, 0.1) is 11.6 Å². The highest BCUT2D eigenvalue weighted by Gasteiger charge is 2.38. The minimum atomic E-state index is -0.560. The van der Waals surface area contributed by atoms with E-state index >= 15 is 0 Å². The highest BCUT2D eigenvalue weighted by atomic mass is 35.5. The molecule has 7 heteroatoms. The third kappa shape index (κ3) is 4.05. The molecule has 2 aliphatic rings. The Morgan fingerprint density at radius 2 is 1.84 bits per heavy atom. The largest absolute Gasteiger partial charge is 0.330 e. The summed E-state index contributed by atoms with van der Waals surface area (Å²) in [7, 11) is 0. The predicted molar refractivity (Wildman–Crippen MR) is 123 cm³/mol. The third-order valence-corrected chi connectivity index (χ3v) is 7.38. The number of benzene rings is 2. The van der Waals surface area contributed by atoms with Gasteiger partial charge in [-0.15, -0.1) is 11.3 Å². The van der Waals surface area contributed by atoms with E-state index < -0.39 is 11.7 Å². The molecule has 1 unspecified atom stereocenters. The van der Waals surface area contributed by atoms with E-state index in [0.717, 1.165) is 30.4 Å². The van der Waals surface area contributed by atoms with Crippen molar-refractivity contribution in [1.82, 2.24) is 9.80 Å². The van der Waals surface area contributed by atoms with Gasteiger partial charge in [-0.25, -0.2) is 4.39 Å². The molecule has 2 heterocycles. The maximum absolute atomic E-state index is 14.3. The number of nitrogens with zero attached hydrogens (tertiary/aromatic N) is 2. The lowest BCUT2D eigenvalue weighted by atomic mass is 9.93. The van der Waals surface area contributed by atoms with Crippen LogP contribution in [-0.4, -0.2) is 40.7 Å². The molecule has 1 atom stereocenters. The molecule has 164 valence electrons. The van der Waals surface area contributed by atoms with Crippen molar-refractivity contribution < 1.29 is 14.0 Å². The summed E-state index contributed by atoms with van der Waals surface area (Å²) in [6, 6.07) is 15.3. The van der Waals surface area contributed by atoms with Gasteiger partial charge in [0.2, 0.25) is 5.91 Å². The molecule has 1 fully saturated rings. The van der Waals surface area contributed by atoms with E-state index in [1.165, 1.54) is 17.0 Å². The number of carbonyl (C=O) groups is 2. The van der Waals surface area contributed by atoms with Crippen LogP contribution in [0, 0.1) is 5.82 Å². The standard InChI is InChI=1S/C25H22ClFN2O2S/c26-17-7-5-16(6-8-17)24-20-12-14-32-22(20)11-13-28(24)23(30)15-29(18-9-10-18)25(31)19-3-1-2-4-21(19)27/h1-8,12,14,18,24H,9-11,13,15H2. The van der Waals surface area contributed by atoms with Gasteiger partial charge < -0.3 is 9.80 Å². The fraction of sp³-hybridized carbons (Fsp3) is 0.280. The van der Waals surface area contributed by atoms with E-state index in [2.05, 4.69) is 11.4 Å². The number of carbonyl (C=O) groups excluding carboxylic acids is 2. The Labute approximate surface area is 195 Å². The van der Waals surface area contributed by atoms with Crippen LogP contribution in [0.2, 0.25) is 5.02 Å². The number of fused-ring (bicyclic) bond motifs is 1. The summed E-state index contributed by atoms with van der Waals surface area (Å²) in [6.45, 7) is 0.521. The highest BCUT2D eigenvalue weighted by Crippen LogP contribution is 2.38. The molecule has 4 nitrogen and oxygen atoms in total. The molecule has 32 heavy (non-hydrogen) atoms. The van der Waals surface area contributed by atoms with E-state index in [9.17, 15) is 14.0 Å². The molecule has 0 bridgehead atoms. The van der Waals surface area contributed by atoms with Crippen LogP contribution in [0.3, 0.4) is 0 Å². The molecule has 0 radical (unpaired) electrons. The predicted octanol–water partition coefficient (Wildman–Crippen LogP) is 5.32. The average Bonchev–Trinajstić information content (AvgIpc) is 3.53. The first-order chi connectivity index (χ1) is 15.5. The van der Waals surface area contributed by atoms with Gasteiger partial charge in [0, 0.05) is 22.5 Å². The first-order valence-corrected chi connectivity index (χ1v) is 12.0. The topological polar surface area (TPSA) is 40.6 Å². The van der Waals surface area contributed by atoms with Gasteiger partial charge in [0.25, 0.3) is 5.91 Å². The molecular weight excluding hydrogens is 447 g/mol. The van der Waals surface area contributed by atoms with Crippen molar-refractivity contribution >= 4 is 34.8 Å². The Hall–Kier alpha value is -2.70. The molecular formula is C25H22ClFN2O2S. The van der Waals surface area contributed by atoms with Crippen LogP contribution in [0.25, 0.3) is 0 Å². The van der Waals surface area contributed by atoms with Crippen LogP contribution in [-0.2, 0) is 11.2 Å². The van der Waals surface area contributed by atoms with Crippen LogP contribution in [0.1, 0.15) is 45.2 Å². The SMILES string of the molecule is O=C(c1ccccc1F)N(CC(=O)N1CCc2sccc2C1c1ccc(Cl)cc1)C1CC1. The Balaban J connectivity index is 1.43. The summed E-state index contributed by atoms with van der Waals surface area (Å²) in [5.41, 5.74) is 2.12. The normalized spacial score (nSPS) is 17.7. The maximum atomic E-state index is 14.3. The quantitative estimate of drug-likeness (QED) is 0.508. The van der Waals surface area contributed by atoms with Gasteiger partial charge in [0.15, 0.2) is 0 Å². The molecule has 0 spiro atoms. The number of amides is 2. The summed E-state index contributed by atoms with van der Waals surface area (Å²) in [6.07, 6.45) is 2.46. The summed E-state index contributed by atoms with van der Waals surface area (Å²) in [5.74, 6) is -1.11. The van der Waals surface area contributed by atoms with Crippen LogP contribution in [0.15, 0.2) is 60.0 Å². The van der Waals surface area contributed by atoms with Gasteiger partial charge in [0.1, 0.15) is 12.4 Å². The third-order valence-electron chi connectivity index (χ3n) is 6.13. The monoisotopic (exact) mass is 468 g/mol. The first-order valence-electron chi connectivity index (χ1n) is 10.7. The van der Waals surface area contributed by atoms with E-state index in [0.29, 0.717) is 11.6 Å². The summed E-state index contributed by atoms with van der Waals surface area (Å²) < 4.78 is 14.3. The molecule has 3 aromatic rings. The molecule has 2 aromatic carbocycles. The van der Waals surface area contributed by atoms with Gasteiger partial charge in [-0.1, -0.05) is 35.9 Å². The lowest BCUT2D eigenvalue weighted by molar-refractivity contribution is -0.134. The second-order valence-electron chi connectivity index (χ2n) is 8.23. The smallest absolute Gasteiger partial charge is 0.257 e. The molecule has 0 N–H and O–H groups in total. The number of hydrogen-bond acceptors (Lipinski definition) is 3. The van der Waals surface area contributed by atoms with E-state index in [-0.39, 0.29) is 30.1 Å². The van der Waals surface area contributed by atoms with Gasteiger partial charge in [-0.05, 0) is 66.1 Å². The highest BCUT2D eigenvalue weighted by molar-refractivity contribution is 7.10. The first kappa shape index (κ1) is 21.2. The number of rotatable bonds is 5. The van der Waals surface area contributed by atoms with Crippen molar-refractivity contribution in [3.05, 3.63) is 92.4 Å². The minimum Gasteiger partial charge on any atom is -0.330 e. The molecule has 1 saturated carbocycles. The molecule has 1 aliphatic carbocycles. The van der Waals surface area contributed by atoms with Crippen molar-refractivity contribution in [2.24, 2.45) is 0 Å². The lowest BCUT2D eigenvalue weighted by Gasteiger charge is -2.37. The van der Waals surface area contributed by atoms with Crippen molar-refractivity contribution in [2.75, 3.05) is 13.1 Å².